The predicted molar refractivity (Wildman–Crippen MR) is 153 cm³/mol. The molecule has 5 heterocycles. The van der Waals surface area contributed by atoms with Gasteiger partial charge in [-0.3, -0.25) is 10.3 Å². The molecule has 0 amide bonds. The number of aromatic nitrogens is 3. The number of H-pyrrole nitrogens is 1. The van der Waals surface area contributed by atoms with Gasteiger partial charge in [0.2, 0.25) is 0 Å². The van der Waals surface area contributed by atoms with Crippen LogP contribution < -0.4 is 10.2 Å². The Labute approximate surface area is 229 Å². The van der Waals surface area contributed by atoms with Gasteiger partial charge < -0.3 is 20.1 Å². The quantitative estimate of drug-likeness (QED) is 0.327. The van der Waals surface area contributed by atoms with Crippen LogP contribution in [0.2, 0.25) is 0 Å². The number of benzene rings is 1. The highest BCUT2D eigenvalue weighted by Crippen LogP contribution is 2.32. The largest absolute Gasteiger partial charge is 0.354 e. The SMILES string of the molecule is N=C(C=Cc1ncc(-c2cccc(N3CCN(C4CCNCC4)CC3)n2)[nH]1)N1CCCC1c1cccc(F)c1. The van der Waals surface area contributed by atoms with Crippen molar-refractivity contribution in [1.82, 2.24) is 30.1 Å². The van der Waals surface area contributed by atoms with Crippen LogP contribution in [0.25, 0.3) is 17.5 Å². The summed E-state index contributed by atoms with van der Waals surface area (Å²) < 4.78 is 13.8. The topological polar surface area (TPSA) is 87.2 Å². The van der Waals surface area contributed by atoms with E-state index in [-0.39, 0.29) is 11.9 Å². The molecule has 1 unspecified atom stereocenters. The molecule has 3 aromatic rings. The number of aromatic amines is 1. The Hall–Kier alpha value is -3.56. The van der Waals surface area contributed by atoms with E-state index >= 15 is 0 Å². The van der Waals surface area contributed by atoms with Crippen LogP contribution >= 0.6 is 0 Å². The molecule has 0 saturated carbocycles. The van der Waals surface area contributed by atoms with Gasteiger partial charge in [0.1, 0.15) is 23.3 Å². The molecule has 1 aromatic carbocycles. The minimum atomic E-state index is -0.235. The molecule has 8 nitrogen and oxygen atoms in total. The molecule has 0 bridgehead atoms. The number of hydrogen-bond donors (Lipinski definition) is 3. The third kappa shape index (κ3) is 5.89. The third-order valence-corrected chi connectivity index (χ3v) is 8.26. The smallest absolute Gasteiger partial charge is 0.130 e. The van der Waals surface area contributed by atoms with E-state index in [2.05, 4.69) is 37.2 Å². The zero-order chi connectivity index (χ0) is 26.6. The Morgan fingerprint density at radius 2 is 1.82 bits per heavy atom. The minimum absolute atomic E-state index is 0.0264. The summed E-state index contributed by atoms with van der Waals surface area (Å²) in [7, 11) is 0. The van der Waals surface area contributed by atoms with Crippen LogP contribution in [0.1, 0.15) is 43.1 Å². The minimum Gasteiger partial charge on any atom is -0.354 e. The maximum Gasteiger partial charge on any atom is 0.130 e. The molecule has 1 atom stereocenters. The number of amidine groups is 1. The Balaban J connectivity index is 1.08. The van der Waals surface area contributed by atoms with Gasteiger partial charge in [0.05, 0.1) is 23.6 Å². The molecule has 204 valence electrons. The van der Waals surface area contributed by atoms with Gasteiger partial charge in [-0.25, -0.2) is 14.4 Å². The lowest BCUT2D eigenvalue weighted by Gasteiger charge is -2.41. The number of nitrogens with zero attached hydrogens (tertiary/aromatic N) is 5. The van der Waals surface area contributed by atoms with Crippen LogP contribution in [0.5, 0.6) is 0 Å². The highest BCUT2D eigenvalue weighted by atomic mass is 19.1. The maximum absolute atomic E-state index is 13.8. The number of hydrogen-bond acceptors (Lipinski definition) is 6. The number of rotatable bonds is 6. The molecule has 0 spiro atoms. The first-order valence-electron chi connectivity index (χ1n) is 14.1. The molecule has 6 rings (SSSR count). The van der Waals surface area contributed by atoms with E-state index < -0.39 is 0 Å². The average molecular weight is 529 g/mol. The highest BCUT2D eigenvalue weighted by molar-refractivity contribution is 5.94. The monoisotopic (exact) mass is 528 g/mol. The Morgan fingerprint density at radius 1 is 1.00 bits per heavy atom. The van der Waals surface area contributed by atoms with Crippen LogP contribution in [0, 0.1) is 11.2 Å². The normalized spacial score (nSPS) is 21.2. The van der Waals surface area contributed by atoms with Crippen molar-refractivity contribution in [3.05, 3.63) is 71.9 Å². The summed E-state index contributed by atoms with van der Waals surface area (Å²) >= 11 is 0. The van der Waals surface area contributed by atoms with Crippen molar-refractivity contribution in [2.45, 2.75) is 37.8 Å². The fourth-order valence-corrected chi connectivity index (χ4v) is 6.16. The molecule has 9 heteroatoms. The summed E-state index contributed by atoms with van der Waals surface area (Å²) in [6, 6.07) is 13.6. The van der Waals surface area contributed by atoms with Gasteiger partial charge in [-0.1, -0.05) is 18.2 Å². The maximum atomic E-state index is 13.8. The predicted octanol–water partition coefficient (Wildman–Crippen LogP) is 4.31. The van der Waals surface area contributed by atoms with Crippen molar-refractivity contribution in [1.29, 1.82) is 5.41 Å². The van der Waals surface area contributed by atoms with Crippen molar-refractivity contribution >= 4 is 17.7 Å². The van der Waals surface area contributed by atoms with Gasteiger partial charge in [0.15, 0.2) is 0 Å². The lowest BCUT2D eigenvalue weighted by atomic mass is 10.0. The van der Waals surface area contributed by atoms with E-state index in [0.717, 1.165) is 81.4 Å². The molecule has 3 saturated heterocycles. The van der Waals surface area contributed by atoms with Gasteiger partial charge in [0, 0.05) is 38.8 Å². The Morgan fingerprint density at radius 3 is 2.64 bits per heavy atom. The van der Waals surface area contributed by atoms with Gasteiger partial charge in [0.25, 0.3) is 0 Å². The molecule has 0 radical (unpaired) electrons. The van der Waals surface area contributed by atoms with E-state index in [0.29, 0.717) is 17.7 Å². The van der Waals surface area contributed by atoms with Gasteiger partial charge in [-0.2, -0.15) is 0 Å². The van der Waals surface area contributed by atoms with Crippen molar-refractivity contribution in [2.24, 2.45) is 0 Å². The Bertz CT molecular complexity index is 1310. The molecule has 2 aromatic heterocycles. The fraction of sp³-hybridized carbons (Fsp3) is 0.433. The number of piperidine rings is 1. The lowest BCUT2D eigenvalue weighted by molar-refractivity contribution is 0.153. The number of nitrogens with one attached hydrogen (secondary N) is 3. The van der Waals surface area contributed by atoms with Gasteiger partial charge in [-0.05, 0) is 80.8 Å². The highest BCUT2D eigenvalue weighted by Gasteiger charge is 2.28. The molecule has 0 aliphatic carbocycles. The molecular weight excluding hydrogens is 491 g/mol. The van der Waals surface area contributed by atoms with E-state index in [1.165, 1.54) is 18.9 Å². The number of pyridine rings is 1. The molecule has 3 N–H and O–H groups in total. The van der Waals surface area contributed by atoms with Crippen molar-refractivity contribution in [3.63, 3.8) is 0 Å². The number of imidazole rings is 1. The van der Waals surface area contributed by atoms with Crippen molar-refractivity contribution in [2.75, 3.05) is 50.7 Å². The second kappa shape index (κ2) is 11.7. The van der Waals surface area contributed by atoms with Crippen LogP contribution in [0.3, 0.4) is 0 Å². The second-order valence-corrected chi connectivity index (χ2v) is 10.7. The first-order chi connectivity index (χ1) is 19.1. The third-order valence-electron chi connectivity index (χ3n) is 8.26. The summed E-state index contributed by atoms with van der Waals surface area (Å²) in [4.78, 5) is 19.9. The van der Waals surface area contributed by atoms with Crippen LogP contribution in [-0.4, -0.2) is 82.4 Å². The first kappa shape index (κ1) is 25.7. The Kier molecular flexibility index (Phi) is 7.69. The summed E-state index contributed by atoms with van der Waals surface area (Å²) in [5.41, 5.74) is 2.64. The molecule has 3 fully saturated rings. The summed E-state index contributed by atoms with van der Waals surface area (Å²) in [5.74, 6) is 1.85. The zero-order valence-electron chi connectivity index (χ0n) is 22.3. The number of piperazine rings is 1. The van der Waals surface area contributed by atoms with E-state index in [9.17, 15) is 4.39 Å². The van der Waals surface area contributed by atoms with E-state index in [4.69, 9.17) is 10.4 Å². The van der Waals surface area contributed by atoms with E-state index in [1.807, 2.05) is 23.1 Å². The summed E-state index contributed by atoms with van der Waals surface area (Å²) in [6.45, 7) is 7.20. The van der Waals surface area contributed by atoms with Crippen LogP contribution in [-0.2, 0) is 0 Å². The molecule has 3 aliphatic heterocycles. The molecular formula is C30H37FN8. The standard InChI is InChI=1S/C30H37FN8/c31-23-5-1-4-22(20-23)27-7-3-15-39(27)28(32)9-10-29-34-21-26(35-29)25-6-2-8-30(36-25)38-18-16-37(17-19-38)24-11-13-33-14-12-24/h1-2,4-6,8-10,20-21,24,27,32-33H,3,7,11-19H2,(H,34,35). The number of likely N-dealkylation sites (tertiary alicyclic amines) is 1. The summed E-state index contributed by atoms with van der Waals surface area (Å²) in [6.07, 6.45) is 9.79. The number of anilines is 1. The second-order valence-electron chi connectivity index (χ2n) is 10.7. The van der Waals surface area contributed by atoms with Crippen molar-refractivity contribution in [3.8, 4) is 11.4 Å². The summed E-state index contributed by atoms with van der Waals surface area (Å²) in [5, 5.41) is 12.1. The first-order valence-corrected chi connectivity index (χ1v) is 14.1. The van der Waals surface area contributed by atoms with Crippen LogP contribution in [0.15, 0.2) is 54.7 Å². The zero-order valence-corrected chi connectivity index (χ0v) is 22.3. The fourth-order valence-electron chi connectivity index (χ4n) is 6.16. The lowest BCUT2D eigenvalue weighted by Crippen LogP contribution is -2.53. The molecule has 39 heavy (non-hydrogen) atoms. The van der Waals surface area contributed by atoms with Crippen LogP contribution in [0.4, 0.5) is 10.2 Å². The van der Waals surface area contributed by atoms with Gasteiger partial charge in [-0.15, -0.1) is 0 Å². The number of halogens is 1. The van der Waals surface area contributed by atoms with E-state index in [1.54, 1.807) is 24.4 Å². The average Bonchev–Trinajstić information content (AvgIpc) is 3.67. The van der Waals surface area contributed by atoms with Gasteiger partial charge >= 0.3 is 0 Å². The molecule has 3 aliphatic rings. The van der Waals surface area contributed by atoms with Crippen molar-refractivity contribution < 1.29 is 4.39 Å².